The van der Waals surface area contributed by atoms with E-state index in [-0.39, 0.29) is 28.6 Å². The Labute approximate surface area is 227 Å². The molecule has 194 valence electrons. The van der Waals surface area contributed by atoms with Crippen LogP contribution >= 0.6 is 0 Å². The van der Waals surface area contributed by atoms with Gasteiger partial charge in [0.05, 0.1) is 28.2 Å². The molecule has 2 aliphatic carbocycles. The van der Waals surface area contributed by atoms with Crippen LogP contribution in [-0.2, 0) is 6.54 Å². The van der Waals surface area contributed by atoms with E-state index in [0.29, 0.717) is 39.8 Å². The minimum absolute atomic E-state index is 0.00730. The summed E-state index contributed by atoms with van der Waals surface area (Å²) in [6.07, 6.45) is 9.31. The van der Waals surface area contributed by atoms with Gasteiger partial charge in [0.25, 0.3) is 5.56 Å². The molecule has 0 saturated carbocycles. The molecule has 1 aromatic heterocycles. The SMILES string of the molecule is CCCCn1c(=O)c(C(=O)c2ccccc2)c2c3c(c(Nc4ccc(C)cc4)ccc31)C(=O)C1C=CC=CC21. The Morgan fingerprint density at radius 2 is 1.62 bits per heavy atom. The van der Waals surface area contributed by atoms with Gasteiger partial charge >= 0.3 is 0 Å². The van der Waals surface area contributed by atoms with Crippen LogP contribution in [0, 0.1) is 12.8 Å². The summed E-state index contributed by atoms with van der Waals surface area (Å²) in [7, 11) is 0. The first-order valence-electron chi connectivity index (χ1n) is 13.6. The molecule has 0 radical (unpaired) electrons. The zero-order chi connectivity index (χ0) is 27.1. The lowest BCUT2D eigenvalue weighted by Crippen LogP contribution is -2.35. The van der Waals surface area contributed by atoms with Crippen LogP contribution in [0.5, 0.6) is 0 Å². The zero-order valence-electron chi connectivity index (χ0n) is 22.1. The van der Waals surface area contributed by atoms with Gasteiger partial charge in [0.1, 0.15) is 0 Å². The molecule has 1 N–H and O–H groups in total. The molecule has 0 bridgehead atoms. The van der Waals surface area contributed by atoms with Crippen molar-refractivity contribution < 1.29 is 9.59 Å². The molecule has 0 aliphatic heterocycles. The number of nitrogens with zero attached hydrogens (tertiary/aromatic N) is 1. The van der Waals surface area contributed by atoms with Crippen LogP contribution in [0.25, 0.3) is 10.9 Å². The molecule has 1 heterocycles. The zero-order valence-corrected chi connectivity index (χ0v) is 22.1. The number of fused-ring (bicyclic) bond motifs is 2. The summed E-state index contributed by atoms with van der Waals surface area (Å²) in [5.41, 5.74) is 4.93. The first kappa shape index (κ1) is 24.8. The van der Waals surface area contributed by atoms with Crippen molar-refractivity contribution in [2.45, 2.75) is 39.2 Å². The lowest BCUT2D eigenvalue weighted by atomic mass is 9.70. The topological polar surface area (TPSA) is 68.2 Å². The molecule has 2 atom stereocenters. The number of Topliss-reactive ketones (excluding diaryl/α,β-unsaturated/α-hetero) is 1. The largest absolute Gasteiger partial charge is 0.355 e. The van der Waals surface area contributed by atoms with Crippen LogP contribution < -0.4 is 10.9 Å². The van der Waals surface area contributed by atoms with Gasteiger partial charge in [0, 0.05) is 29.1 Å². The van der Waals surface area contributed by atoms with E-state index in [1.807, 2.05) is 73.7 Å². The van der Waals surface area contributed by atoms with E-state index in [1.54, 1.807) is 28.8 Å². The molecule has 6 rings (SSSR count). The van der Waals surface area contributed by atoms with Crippen molar-refractivity contribution >= 4 is 33.8 Å². The van der Waals surface area contributed by atoms with E-state index < -0.39 is 5.92 Å². The Hall–Kier alpha value is -4.51. The van der Waals surface area contributed by atoms with Crippen LogP contribution in [0.15, 0.2) is 95.8 Å². The molecular weight excluding hydrogens is 484 g/mol. The molecule has 2 aliphatic rings. The van der Waals surface area contributed by atoms with Gasteiger partial charge in [-0.25, -0.2) is 0 Å². The van der Waals surface area contributed by atoms with Gasteiger partial charge in [-0.2, -0.15) is 0 Å². The molecular formula is C34H30N2O3. The predicted molar refractivity (Wildman–Crippen MR) is 156 cm³/mol. The normalized spacial score (nSPS) is 17.3. The molecule has 4 aromatic rings. The van der Waals surface area contributed by atoms with Gasteiger partial charge in [-0.05, 0) is 43.2 Å². The highest BCUT2D eigenvalue weighted by atomic mass is 16.1. The van der Waals surface area contributed by atoms with E-state index in [1.165, 1.54) is 0 Å². The van der Waals surface area contributed by atoms with Crippen molar-refractivity contribution in [1.29, 1.82) is 0 Å². The number of ketones is 2. The maximum Gasteiger partial charge on any atom is 0.262 e. The van der Waals surface area contributed by atoms with Gasteiger partial charge < -0.3 is 9.88 Å². The molecule has 5 heteroatoms. The van der Waals surface area contributed by atoms with Crippen molar-refractivity contribution in [2.24, 2.45) is 5.92 Å². The average Bonchev–Trinajstić information content (AvgIpc) is 2.97. The lowest BCUT2D eigenvalue weighted by Gasteiger charge is -2.34. The number of benzene rings is 3. The lowest BCUT2D eigenvalue weighted by molar-refractivity contribution is 0.0932. The highest BCUT2D eigenvalue weighted by Gasteiger charge is 2.41. The summed E-state index contributed by atoms with van der Waals surface area (Å²) < 4.78 is 1.70. The number of aromatic nitrogens is 1. The second-order valence-electron chi connectivity index (χ2n) is 10.4. The van der Waals surface area contributed by atoms with Crippen molar-refractivity contribution in [2.75, 3.05) is 5.32 Å². The number of carbonyl (C=O) groups is 2. The quantitative estimate of drug-likeness (QED) is 0.267. The molecule has 0 spiro atoms. The maximum atomic E-state index is 14.2. The molecule has 2 unspecified atom stereocenters. The molecule has 0 amide bonds. The Morgan fingerprint density at radius 1 is 0.897 bits per heavy atom. The number of hydrogen-bond donors (Lipinski definition) is 1. The first-order chi connectivity index (χ1) is 19.0. The van der Waals surface area contributed by atoms with Crippen LogP contribution in [0.3, 0.4) is 0 Å². The third-order valence-electron chi connectivity index (χ3n) is 7.82. The Bertz CT molecular complexity index is 1730. The number of unbranched alkanes of at least 4 members (excludes halogenated alkanes) is 1. The smallest absolute Gasteiger partial charge is 0.262 e. The number of anilines is 2. The van der Waals surface area contributed by atoms with E-state index >= 15 is 0 Å². The van der Waals surface area contributed by atoms with Crippen molar-refractivity contribution in [3.63, 3.8) is 0 Å². The van der Waals surface area contributed by atoms with E-state index in [0.717, 1.165) is 24.1 Å². The van der Waals surface area contributed by atoms with E-state index in [2.05, 4.69) is 12.2 Å². The highest BCUT2D eigenvalue weighted by molar-refractivity contribution is 6.21. The monoisotopic (exact) mass is 514 g/mol. The first-order valence-corrected chi connectivity index (χ1v) is 13.6. The third kappa shape index (κ3) is 4.15. The molecule has 5 nitrogen and oxygen atoms in total. The number of nitrogens with one attached hydrogen (secondary N) is 1. The van der Waals surface area contributed by atoms with Crippen molar-refractivity contribution in [3.8, 4) is 0 Å². The van der Waals surface area contributed by atoms with Gasteiger partial charge in [-0.3, -0.25) is 14.4 Å². The van der Waals surface area contributed by atoms with Crippen LogP contribution in [0.2, 0.25) is 0 Å². The fourth-order valence-electron chi connectivity index (χ4n) is 5.85. The van der Waals surface area contributed by atoms with Gasteiger partial charge in [0.15, 0.2) is 11.6 Å². The number of rotatable bonds is 7. The Kier molecular flexibility index (Phi) is 6.35. The third-order valence-corrected chi connectivity index (χ3v) is 7.82. The van der Waals surface area contributed by atoms with E-state index in [4.69, 9.17) is 0 Å². The molecule has 0 saturated heterocycles. The van der Waals surface area contributed by atoms with Gasteiger partial charge in [-0.1, -0.05) is 85.7 Å². The van der Waals surface area contributed by atoms with Crippen molar-refractivity contribution in [3.05, 3.63) is 129 Å². The summed E-state index contributed by atoms with van der Waals surface area (Å²) in [4.78, 5) is 42.4. The molecule has 3 aromatic carbocycles. The minimum Gasteiger partial charge on any atom is -0.355 e. The van der Waals surface area contributed by atoms with Crippen LogP contribution in [-0.4, -0.2) is 16.1 Å². The van der Waals surface area contributed by atoms with Crippen LogP contribution in [0.4, 0.5) is 11.4 Å². The minimum atomic E-state index is -0.486. The van der Waals surface area contributed by atoms with E-state index in [9.17, 15) is 14.4 Å². The second kappa shape index (κ2) is 9.99. The predicted octanol–water partition coefficient (Wildman–Crippen LogP) is 7.11. The van der Waals surface area contributed by atoms with Crippen molar-refractivity contribution in [1.82, 2.24) is 4.57 Å². The molecule has 0 fully saturated rings. The highest BCUT2D eigenvalue weighted by Crippen LogP contribution is 2.46. The standard InChI is InChI=1S/C34H30N2O3/c1-3-4-20-36-27-19-18-26(35-23-16-14-21(2)15-17-23)29-30(27)28(24-12-8-9-13-25(24)33(29)38)31(34(36)39)32(37)22-10-6-5-7-11-22/h5-19,24-25,35H,3-4,20H2,1-2H3. The summed E-state index contributed by atoms with van der Waals surface area (Å²) in [6, 6.07) is 20.8. The van der Waals surface area contributed by atoms with Gasteiger partial charge in [-0.15, -0.1) is 0 Å². The number of allylic oxidation sites excluding steroid dienone is 4. The Morgan fingerprint density at radius 3 is 2.33 bits per heavy atom. The number of hydrogen-bond acceptors (Lipinski definition) is 4. The fourth-order valence-corrected chi connectivity index (χ4v) is 5.85. The summed E-state index contributed by atoms with van der Waals surface area (Å²) in [5, 5.41) is 4.15. The fraction of sp³-hybridized carbons (Fsp3) is 0.206. The summed E-state index contributed by atoms with van der Waals surface area (Å²) >= 11 is 0. The Balaban J connectivity index is 1.70. The second-order valence-corrected chi connectivity index (χ2v) is 10.4. The van der Waals surface area contributed by atoms with Gasteiger partial charge in [0.2, 0.25) is 0 Å². The number of aryl methyl sites for hydroxylation is 2. The molecule has 39 heavy (non-hydrogen) atoms. The summed E-state index contributed by atoms with van der Waals surface area (Å²) in [6.45, 7) is 4.58. The van der Waals surface area contributed by atoms with Crippen LogP contribution in [0.1, 0.15) is 63.1 Å². The summed E-state index contributed by atoms with van der Waals surface area (Å²) in [5.74, 6) is -1.18. The number of pyridine rings is 1. The maximum absolute atomic E-state index is 14.2. The number of carbonyl (C=O) groups excluding carboxylic acids is 2. The average molecular weight is 515 g/mol.